The summed E-state index contributed by atoms with van der Waals surface area (Å²) in [5, 5.41) is 12.5. The maximum atomic E-state index is 13.5. The molecule has 0 aliphatic carbocycles. The Balaban J connectivity index is 1.51. The highest BCUT2D eigenvalue weighted by molar-refractivity contribution is 8.18. The van der Waals surface area contributed by atoms with Gasteiger partial charge < -0.3 is 14.8 Å². The Kier molecular flexibility index (Phi) is 7.26. The minimum absolute atomic E-state index is 0.0382. The van der Waals surface area contributed by atoms with E-state index in [2.05, 4.69) is 15.3 Å². The first-order valence-corrected chi connectivity index (χ1v) is 11.2. The molecule has 11 heteroatoms. The summed E-state index contributed by atoms with van der Waals surface area (Å²) in [6.45, 7) is 0.476. The van der Waals surface area contributed by atoms with E-state index in [0.717, 1.165) is 17.7 Å². The quantitative estimate of drug-likeness (QED) is 0.436. The first kappa shape index (κ1) is 24.8. The molecule has 0 atom stereocenters. The van der Waals surface area contributed by atoms with Crippen LogP contribution in [0.2, 0.25) is 0 Å². The molecular weight excluding hydrogens is 493 g/mol. The average Bonchev–Trinajstić information content (AvgIpc) is 3.22. The zero-order valence-electron chi connectivity index (χ0n) is 18.7. The Morgan fingerprint density at radius 1 is 1.08 bits per heavy atom. The van der Waals surface area contributed by atoms with Gasteiger partial charge in [0.25, 0.3) is 5.91 Å². The number of alkyl halides is 3. The lowest BCUT2D eigenvalue weighted by atomic mass is 10.1. The number of halogens is 3. The Morgan fingerprint density at radius 2 is 1.83 bits per heavy atom. The highest BCUT2D eigenvalue weighted by Gasteiger charge is 2.35. The summed E-state index contributed by atoms with van der Waals surface area (Å²) in [5.74, 6) is -0.680. The number of hydrogen-bond donors (Lipinski definition) is 1. The van der Waals surface area contributed by atoms with Crippen molar-refractivity contribution in [2.75, 3.05) is 7.11 Å². The van der Waals surface area contributed by atoms with Crippen molar-refractivity contribution < 1.29 is 27.4 Å². The lowest BCUT2D eigenvalue weighted by molar-refractivity contribution is -0.138. The molecule has 2 aromatic carbocycles. The molecule has 182 valence electrons. The van der Waals surface area contributed by atoms with Crippen LogP contribution in [-0.4, -0.2) is 23.2 Å². The van der Waals surface area contributed by atoms with E-state index < -0.39 is 23.4 Å². The number of methoxy groups -OCH3 is 1. The van der Waals surface area contributed by atoms with Crippen LogP contribution in [0, 0.1) is 11.3 Å². The lowest BCUT2D eigenvalue weighted by Gasteiger charge is -2.16. The summed E-state index contributed by atoms with van der Waals surface area (Å²) in [5.41, 5.74) is 0.330. The molecule has 0 fully saturated rings. The van der Waals surface area contributed by atoms with Gasteiger partial charge in [-0.2, -0.15) is 23.4 Å². The van der Waals surface area contributed by atoms with Gasteiger partial charge in [0.05, 0.1) is 29.2 Å². The highest BCUT2D eigenvalue weighted by Crippen LogP contribution is 2.41. The third-order valence-corrected chi connectivity index (χ3v) is 5.87. The number of pyridine rings is 1. The van der Waals surface area contributed by atoms with E-state index in [1.54, 1.807) is 30.6 Å². The molecule has 1 amide bonds. The fourth-order valence-corrected chi connectivity index (χ4v) is 4.01. The van der Waals surface area contributed by atoms with Crippen molar-refractivity contribution in [2.24, 2.45) is 4.99 Å². The number of benzene rings is 2. The summed E-state index contributed by atoms with van der Waals surface area (Å²) < 4.78 is 51.3. The number of aromatic nitrogens is 1. The number of amidine groups is 1. The van der Waals surface area contributed by atoms with Crippen molar-refractivity contribution in [3.05, 3.63) is 88.1 Å². The largest absolute Gasteiger partial charge is 0.493 e. The Morgan fingerprint density at radius 3 is 2.53 bits per heavy atom. The molecule has 1 N–H and O–H groups in total. The second-order valence-corrected chi connectivity index (χ2v) is 8.41. The zero-order valence-corrected chi connectivity index (χ0v) is 19.5. The van der Waals surface area contributed by atoms with E-state index in [0.29, 0.717) is 22.2 Å². The van der Waals surface area contributed by atoms with Gasteiger partial charge >= 0.3 is 6.18 Å². The predicted molar refractivity (Wildman–Crippen MR) is 128 cm³/mol. The topological polar surface area (TPSA) is 96.6 Å². The van der Waals surface area contributed by atoms with Crippen LogP contribution >= 0.6 is 11.8 Å². The van der Waals surface area contributed by atoms with Crippen LogP contribution in [0.4, 0.5) is 13.2 Å². The van der Waals surface area contributed by atoms with Crippen LogP contribution in [0.3, 0.4) is 0 Å². The summed E-state index contributed by atoms with van der Waals surface area (Å²) in [6, 6.07) is 13.0. The van der Waals surface area contributed by atoms with Gasteiger partial charge in [0, 0.05) is 18.9 Å². The molecule has 3 aromatic rings. The number of amides is 1. The molecule has 1 aliphatic rings. The SMILES string of the molecule is COc1cc(/C=C2/SC(NCc3ccncc3)=NC2=O)ccc1Oc1ccc(C#N)cc1C(F)(F)F. The van der Waals surface area contributed by atoms with Gasteiger partial charge in [0.1, 0.15) is 5.75 Å². The molecule has 0 spiro atoms. The monoisotopic (exact) mass is 510 g/mol. The molecule has 2 heterocycles. The van der Waals surface area contributed by atoms with Crippen molar-refractivity contribution in [2.45, 2.75) is 12.7 Å². The van der Waals surface area contributed by atoms with Gasteiger partial charge in [0.2, 0.25) is 0 Å². The van der Waals surface area contributed by atoms with Crippen LogP contribution < -0.4 is 14.8 Å². The zero-order chi connectivity index (χ0) is 25.7. The fraction of sp³-hybridized carbons (Fsp3) is 0.120. The van der Waals surface area contributed by atoms with Gasteiger partial charge in [-0.05, 0) is 71.4 Å². The van der Waals surface area contributed by atoms with Crippen LogP contribution in [0.1, 0.15) is 22.3 Å². The maximum Gasteiger partial charge on any atom is 0.420 e. The van der Waals surface area contributed by atoms with E-state index in [9.17, 15) is 18.0 Å². The maximum absolute atomic E-state index is 13.5. The first-order chi connectivity index (χ1) is 17.3. The van der Waals surface area contributed by atoms with Crippen molar-refractivity contribution >= 4 is 28.9 Å². The van der Waals surface area contributed by atoms with E-state index in [1.807, 2.05) is 12.1 Å². The van der Waals surface area contributed by atoms with Crippen molar-refractivity contribution in [3.63, 3.8) is 0 Å². The molecule has 0 radical (unpaired) electrons. The minimum Gasteiger partial charge on any atom is -0.493 e. The van der Waals surface area contributed by atoms with Crippen LogP contribution in [0.5, 0.6) is 17.2 Å². The second kappa shape index (κ2) is 10.5. The molecule has 36 heavy (non-hydrogen) atoms. The predicted octanol–water partition coefficient (Wildman–Crippen LogP) is 5.53. The average molecular weight is 510 g/mol. The van der Waals surface area contributed by atoms with E-state index in [-0.39, 0.29) is 17.1 Å². The molecule has 7 nitrogen and oxygen atoms in total. The molecule has 1 aliphatic heterocycles. The molecule has 0 unspecified atom stereocenters. The number of ether oxygens (including phenoxy) is 2. The third-order valence-electron chi connectivity index (χ3n) is 4.93. The molecule has 4 rings (SSSR count). The number of nitrogens with one attached hydrogen (secondary N) is 1. The Bertz CT molecular complexity index is 1400. The number of carbonyl (C=O) groups is 1. The molecule has 1 aromatic heterocycles. The molecule has 0 saturated carbocycles. The normalized spacial score (nSPS) is 14.4. The van der Waals surface area contributed by atoms with Crippen LogP contribution in [-0.2, 0) is 17.5 Å². The van der Waals surface area contributed by atoms with Crippen molar-refractivity contribution in [1.82, 2.24) is 10.3 Å². The van der Waals surface area contributed by atoms with Gasteiger partial charge in [0.15, 0.2) is 16.7 Å². The number of nitriles is 1. The van der Waals surface area contributed by atoms with Gasteiger partial charge in [-0.3, -0.25) is 9.78 Å². The van der Waals surface area contributed by atoms with Crippen LogP contribution in [0.15, 0.2) is 70.8 Å². The second-order valence-electron chi connectivity index (χ2n) is 7.37. The Labute approximate surface area is 208 Å². The summed E-state index contributed by atoms with van der Waals surface area (Å²) >= 11 is 1.17. The number of hydrogen-bond acceptors (Lipinski definition) is 7. The molecule has 0 bridgehead atoms. The van der Waals surface area contributed by atoms with Gasteiger partial charge in [-0.15, -0.1) is 0 Å². The third kappa shape index (κ3) is 5.84. The number of nitrogens with zero attached hydrogens (tertiary/aromatic N) is 3. The summed E-state index contributed by atoms with van der Waals surface area (Å²) in [4.78, 5) is 20.7. The van der Waals surface area contributed by atoms with E-state index in [4.69, 9.17) is 14.7 Å². The summed E-state index contributed by atoms with van der Waals surface area (Å²) in [6.07, 6.45) is 0.224. The van der Waals surface area contributed by atoms with Crippen molar-refractivity contribution in [1.29, 1.82) is 5.26 Å². The highest BCUT2D eigenvalue weighted by atomic mass is 32.2. The van der Waals surface area contributed by atoms with E-state index in [1.165, 1.54) is 37.1 Å². The minimum atomic E-state index is -4.72. The van der Waals surface area contributed by atoms with Gasteiger partial charge in [-0.1, -0.05) is 6.07 Å². The Hall–Kier alpha value is -4.30. The van der Waals surface area contributed by atoms with Gasteiger partial charge in [-0.25, -0.2) is 0 Å². The summed E-state index contributed by atoms with van der Waals surface area (Å²) in [7, 11) is 1.35. The smallest absolute Gasteiger partial charge is 0.420 e. The number of rotatable bonds is 6. The number of aliphatic imine (C=N–C) groups is 1. The fourth-order valence-electron chi connectivity index (χ4n) is 3.20. The van der Waals surface area contributed by atoms with Crippen molar-refractivity contribution in [3.8, 4) is 23.3 Å². The first-order valence-electron chi connectivity index (χ1n) is 10.4. The number of carbonyl (C=O) groups excluding carboxylic acids is 1. The lowest BCUT2D eigenvalue weighted by Crippen LogP contribution is -2.18. The number of thioether (sulfide) groups is 1. The standard InChI is InChI=1S/C25H17F3N4O3S/c1-34-21-11-16(12-22-23(33)32-24(36-22)31-14-15-6-8-30-9-7-15)2-5-20(21)35-19-4-3-17(13-29)10-18(19)25(26,27)28/h2-12H,14H2,1H3,(H,31,32,33)/b22-12+. The van der Waals surface area contributed by atoms with Crippen LogP contribution in [0.25, 0.3) is 6.08 Å². The molecule has 0 saturated heterocycles. The van der Waals surface area contributed by atoms with E-state index >= 15 is 0 Å². The molecular formula is C25H17F3N4O3S.